The molecule has 1 aromatic carbocycles. The number of nitrogens with one attached hydrogen (secondary N) is 1. The minimum atomic E-state index is -1.10. The number of benzene rings is 1. The lowest BCUT2D eigenvalue weighted by Gasteiger charge is -2.11. The highest BCUT2D eigenvalue weighted by atomic mass is 79.9. The molecule has 0 aliphatic carbocycles. The summed E-state index contributed by atoms with van der Waals surface area (Å²) in [7, 11) is 0. The van der Waals surface area contributed by atoms with Crippen molar-refractivity contribution in [3.8, 4) is 0 Å². The van der Waals surface area contributed by atoms with E-state index in [0.717, 1.165) is 0 Å². The van der Waals surface area contributed by atoms with Crippen molar-refractivity contribution >= 4 is 33.5 Å². The first-order chi connectivity index (χ1) is 7.50. The van der Waals surface area contributed by atoms with E-state index in [-0.39, 0.29) is 0 Å². The number of carbonyl (C=O) groups excluding carboxylic acids is 1. The molecule has 6 heteroatoms. The van der Waals surface area contributed by atoms with Gasteiger partial charge in [0.2, 0.25) is 5.91 Å². The Morgan fingerprint density at radius 1 is 1.44 bits per heavy atom. The number of nitrogens with two attached hydrogens (primary N) is 1. The molecule has 1 rings (SSSR count). The maximum absolute atomic E-state index is 11.5. The van der Waals surface area contributed by atoms with Crippen molar-refractivity contribution < 1.29 is 14.7 Å². The van der Waals surface area contributed by atoms with Crippen LogP contribution in [0.3, 0.4) is 0 Å². The molecule has 1 unspecified atom stereocenters. The topological polar surface area (TPSA) is 92.4 Å². The zero-order valence-corrected chi connectivity index (χ0v) is 9.90. The van der Waals surface area contributed by atoms with Crippen LogP contribution in [0.1, 0.15) is 6.42 Å². The van der Waals surface area contributed by atoms with Crippen LogP contribution in [-0.4, -0.2) is 23.0 Å². The standard InChI is InChI=1S/C10H11BrN2O3/c11-6-3-1-2-4-8(6)13-10(16)7(12)5-9(14)15/h1-4,7H,5,12H2,(H,13,16)(H,14,15). The lowest BCUT2D eigenvalue weighted by atomic mass is 10.2. The van der Waals surface area contributed by atoms with Gasteiger partial charge in [0.05, 0.1) is 18.2 Å². The first-order valence-electron chi connectivity index (χ1n) is 4.53. The molecule has 5 nitrogen and oxygen atoms in total. The minimum absolute atomic E-state index is 0.393. The van der Waals surface area contributed by atoms with Gasteiger partial charge in [-0.2, -0.15) is 0 Å². The van der Waals surface area contributed by atoms with E-state index in [1.165, 1.54) is 0 Å². The molecular weight excluding hydrogens is 276 g/mol. The van der Waals surface area contributed by atoms with Gasteiger partial charge in [-0.25, -0.2) is 0 Å². The lowest BCUT2D eigenvalue weighted by Crippen LogP contribution is -2.37. The number of carboxylic acid groups (broad SMARTS) is 1. The molecule has 0 aromatic heterocycles. The van der Waals surface area contributed by atoms with Gasteiger partial charge in [-0.15, -0.1) is 0 Å². The van der Waals surface area contributed by atoms with Gasteiger partial charge >= 0.3 is 5.97 Å². The zero-order chi connectivity index (χ0) is 12.1. The molecule has 16 heavy (non-hydrogen) atoms. The summed E-state index contributed by atoms with van der Waals surface area (Å²) < 4.78 is 0.714. The normalized spacial score (nSPS) is 11.9. The minimum Gasteiger partial charge on any atom is -0.481 e. The number of halogens is 1. The molecule has 0 fully saturated rings. The summed E-state index contributed by atoms with van der Waals surface area (Å²) >= 11 is 3.25. The number of carbonyl (C=O) groups is 2. The Balaban J connectivity index is 2.64. The van der Waals surface area contributed by atoms with E-state index in [1.54, 1.807) is 24.3 Å². The number of anilines is 1. The zero-order valence-electron chi connectivity index (χ0n) is 8.31. The Kier molecular flexibility index (Phi) is 4.45. The van der Waals surface area contributed by atoms with Crippen molar-refractivity contribution in [3.63, 3.8) is 0 Å². The Labute approximate surface area is 101 Å². The summed E-state index contributed by atoms with van der Waals surface area (Å²) in [6.45, 7) is 0. The second-order valence-corrected chi connectivity index (χ2v) is 4.03. The average Bonchev–Trinajstić information content (AvgIpc) is 2.20. The summed E-state index contributed by atoms with van der Waals surface area (Å²) in [5, 5.41) is 11.0. The van der Waals surface area contributed by atoms with Crippen molar-refractivity contribution in [2.24, 2.45) is 5.73 Å². The van der Waals surface area contributed by atoms with Crippen LogP contribution in [0.5, 0.6) is 0 Å². The van der Waals surface area contributed by atoms with Crippen molar-refractivity contribution in [2.75, 3.05) is 5.32 Å². The van der Waals surface area contributed by atoms with Gasteiger partial charge in [0.1, 0.15) is 0 Å². The van der Waals surface area contributed by atoms with Crippen LogP contribution in [0.15, 0.2) is 28.7 Å². The molecule has 4 N–H and O–H groups in total. The number of para-hydroxylation sites is 1. The second-order valence-electron chi connectivity index (χ2n) is 3.17. The van der Waals surface area contributed by atoms with Gasteiger partial charge in [0.15, 0.2) is 0 Å². The predicted molar refractivity (Wildman–Crippen MR) is 63.0 cm³/mol. The number of hydrogen-bond acceptors (Lipinski definition) is 3. The molecule has 0 aliphatic heterocycles. The van der Waals surface area contributed by atoms with Crippen molar-refractivity contribution in [2.45, 2.75) is 12.5 Å². The van der Waals surface area contributed by atoms with E-state index in [9.17, 15) is 9.59 Å². The lowest BCUT2D eigenvalue weighted by molar-refractivity contribution is -0.138. The smallest absolute Gasteiger partial charge is 0.305 e. The Hall–Kier alpha value is -1.40. The summed E-state index contributed by atoms with van der Waals surface area (Å²) in [5.74, 6) is -1.62. The molecule has 1 atom stereocenters. The van der Waals surface area contributed by atoms with E-state index in [0.29, 0.717) is 10.2 Å². The summed E-state index contributed by atoms with van der Waals surface area (Å²) in [6, 6.07) is 5.96. The molecule has 0 heterocycles. The average molecular weight is 287 g/mol. The predicted octanol–water partition coefficient (Wildman–Crippen LogP) is 1.19. The highest BCUT2D eigenvalue weighted by Gasteiger charge is 2.17. The van der Waals surface area contributed by atoms with Crippen LogP contribution in [0.2, 0.25) is 0 Å². The largest absolute Gasteiger partial charge is 0.481 e. The first-order valence-corrected chi connectivity index (χ1v) is 5.32. The highest BCUT2D eigenvalue weighted by Crippen LogP contribution is 2.21. The SMILES string of the molecule is NC(CC(=O)O)C(=O)Nc1ccccc1Br. The van der Waals surface area contributed by atoms with E-state index < -0.39 is 24.3 Å². The molecule has 1 amide bonds. The molecule has 0 aliphatic rings. The van der Waals surface area contributed by atoms with Gasteiger partial charge in [-0.05, 0) is 28.1 Å². The Morgan fingerprint density at radius 3 is 2.62 bits per heavy atom. The van der Waals surface area contributed by atoms with Crippen LogP contribution in [-0.2, 0) is 9.59 Å². The molecular formula is C10H11BrN2O3. The number of hydrogen-bond donors (Lipinski definition) is 3. The maximum Gasteiger partial charge on any atom is 0.305 e. The maximum atomic E-state index is 11.5. The summed E-state index contributed by atoms with van der Waals surface area (Å²) in [5.41, 5.74) is 5.97. The van der Waals surface area contributed by atoms with Crippen LogP contribution in [0.4, 0.5) is 5.69 Å². The molecule has 0 saturated heterocycles. The van der Waals surface area contributed by atoms with Crippen LogP contribution in [0, 0.1) is 0 Å². The molecule has 1 aromatic rings. The highest BCUT2D eigenvalue weighted by molar-refractivity contribution is 9.10. The number of carboxylic acids is 1. The van der Waals surface area contributed by atoms with Gasteiger partial charge in [0.25, 0.3) is 0 Å². The van der Waals surface area contributed by atoms with E-state index in [2.05, 4.69) is 21.2 Å². The third-order valence-electron chi connectivity index (χ3n) is 1.86. The molecule has 0 bridgehead atoms. The molecule has 86 valence electrons. The van der Waals surface area contributed by atoms with Crippen LogP contribution >= 0.6 is 15.9 Å². The number of aliphatic carboxylic acids is 1. The fourth-order valence-electron chi connectivity index (χ4n) is 1.07. The van der Waals surface area contributed by atoms with Gasteiger partial charge in [0, 0.05) is 4.47 Å². The second kappa shape index (κ2) is 5.62. The fraction of sp³-hybridized carbons (Fsp3) is 0.200. The monoisotopic (exact) mass is 286 g/mol. The molecule has 0 spiro atoms. The van der Waals surface area contributed by atoms with Crippen molar-refractivity contribution in [3.05, 3.63) is 28.7 Å². The van der Waals surface area contributed by atoms with E-state index >= 15 is 0 Å². The number of rotatable bonds is 4. The Bertz CT molecular complexity index is 409. The Morgan fingerprint density at radius 2 is 2.06 bits per heavy atom. The summed E-state index contributed by atoms with van der Waals surface area (Å²) in [6.07, 6.45) is -0.393. The molecule has 0 saturated carbocycles. The van der Waals surface area contributed by atoms with Crippen molar-refractivity contribution in [1.82, 2.24) is 0 Å². The fourth-order valence-corrected chi connectivity index (χ4v) is 1.45. The first kappa shape index (κ1) is 12.7. The molecule has 0 radical (unpaired) electrons. The third-order valence-corrected chi connectivity index (χ3v) is 2.55. The summed E-state index contributed by atoms with van der Waals surface area (Å²) in [4.78, 5) is 21.8. The van der Waals surface area contributed by atoms with Gasteiger partial charge < -0.3 is 16.2 Å². The van der Waals surface area contributed by atoms with Crippen LogP contribution in [0.25, 0.3) is 0 Å². The quantitative estimate of drug-likeness (QED) is 0.775. The third kappa shape index (κ3) is 3.63. The van der Waals surface area contributed by atoms with E-state index in [1.807, 2.05) is 0 Å². The van der Waals surface area contributed by atoms with Crippen LogP contribution < -0.4 is 11.1 Å². The van der Waals surface area contributed by atoms with Gasteiger partial charge in [-0.1, -0.05) is 12.1 Å². The van der Waals surface area contributed by atoms with Crippen molar-refractivity contribution in [1.29, 1.82) is 0 Å². The van der Waals surface area contributed by atoms with Gasteiger partial charge in [-0.3, -0.25) is 9.59 Å². The van der Waals surface area contributed by atoms with E-state index in [4.69, 9.17) is 10.8 Å². The number of amides is 1.